The van der Waals surface area contributed by atoms with E-state index >= 15 is 0 Å². The smallest absolute Gasteiger partial charge is 0.0477 e. The highest BCUT2D eigenvalue weighted by atomic mass is 15.2. The molecular weight excluding hydrogens is 222 g/mol. The quantitative estimate of drug-likeness (QED) is 0.875. The third kappa shape index (κ3) is 1.99. The molecule has 18 heavy (non-hydrogen) atoms. The number of piperazine rings is 1. The van der Waals surface area contributed by atoms with Crippen LogP contribution in [0.15, 0.2) is 24.4 Å². The number of hydrogen-bond acceptors (Lipinski definition) is 2. The summed E-state index contributed by atoms with van der Waals surface area (Å²) < 4.78 is 0. The van der Waals surface area contributed by atoms with E-state index in [1.807, 2.05) is 6.20 Å². The maximum absolute atomic E-state index is 3.35. The van der Waals surface area contributed by atoms with Crippen LogP contribution in [0.3, 0.4) is 0 Å². The summed E-state index contributed by atoms with van der Waals surface area (Å²) in [5.41, 5.74) is 4.08. The Morgan fingerprint density at radius 2 is 1.94 bits per heavy atom. The predicted molar refractivity (Wildman–Crippen MR) is 77.4 cm³/mol. The first-order valence-electron chi connectivity index (χ1n) is 6.81. The Balaban J connectivity index is 2.01. The molecule has 1 aromatic carbocycles. The number of aromatic amines is 1. The molecule has 1 N–H and O–H groups in total. The summed E-state index contributed by atoms with van der Waals surface area (Å²) in [6, 6.07) is 6.83. The van der Waals surface area contributed by atoms with Crippen molar-refractivity contribution in [3.05, 3.63) is 30.0 Å². The number of fused-ring (bicyclic) bond motifs is 1. The average Bonchev–Trinajstić information content (AvgIpc) is 2.86. The van der Waals surface area contributed by atoms with Crippen molar-refractivity contribution in [3.8, 4) is 0 Å². The molecule has 0 unspecified atom stereocenters. The van der Waals surface area contributed by atoms with E-state index in [4.69, 9.17) is 0 Å². The molecule has 1 aliphatic rings. The van der Waals surface area contributed by atoms with Gasteiger partial charge in [-0.05, 0) is 37.2 Å². The zero-order chi connectivity index (χ0) is 12.5. The highest BCUT2D eigenvalue weighted by molar-refractivity contribution is 5.93. The Hall–Kier alpha value is -1.48. The van der Waals surface area contributed by atoms with Gasteiger partial charge in [-0.1, -0.05) is 6.92 Å². The molecule has 3 heteroatoms. The van der Waals surface area contributed by atoms with Crippen LogP contribution in [-0.4, -0.2) is 43.1 Å². The summed E-state index contributed by atoms with van der Waals surface area (Å²) in [4.78, 5) is 8.27. The van der Waals surface area contributed by atoms with Crippen LogP contribution in [0, 0.1) is 0 Å². The van der Waals surface area contributed by atoms with Crippen LogP contribution in [0.1, 0.15) is 12.5 Å². The van der Waals surface area contributed by atoms with Crippen molar-refractivity contribution in [1.29, 1.82) is 0 Å². The zero-order valence-corrected chi connectivity index (χ0v) is 11.2. The highest BCUT2D eigenvalue weighted by Crippen LogP contribution is 2.29. The molecule has 0 spiro atoms. The van der Waals surface area contributed by atoms with Crippen molar-refractivity contribution < 1.29 is 0 Å². The maximum atomic E-state index is 3.35. The minimum atomic E-state index is 1.09. The fraction of sp³-hybridized carbons (Fsp3) is 0.467. The van der Waals surface area contributed by atoms with Gasteiger partial charge < -0.3 is 14.8 Å². The van der Waals surface area contributed by atoms with E-state index in [0.717, 1.165) is 32.6 Å². The number of rotatable bonds is 2. The minimum Gasteiger partial charge on any atom is -0.368 e. The van der Waals surface area contributed by atoms with Crippen molar-refractivity contribution >= 4 is 16.6 Å². The van der Waals surface area contributed by atoms with Crippen LogP contribution < -0.4 is 4.90 Å². The molecular formula is C15H21N3. The molecule has 1 aliphatic heterocycles. The lowest BCUT2D eigenvalue weighted by molar-refractivity contribution is 0.313. The SMILES string of the molecule is CCc1cc(N2CCN(C)CC2)c2cc[nH]c2c1. The van der Waals surface area contributed by atoms with Gasteiger partial charge in [-0.15, -0.1) is 0 Å². The van der Waals surface area contributed by atoms with Crippen molar-refractivity contribution in [3.63, 3.8) is 0 Å². The summed E-state index contributed by atoms with van der Waals surface area (Å²) in [5.74, 6) is 0. The second kappa shape index (κ2) is 4.65. The topological polar surface area (TPSA) is 22.3 Å². The van der Waals surface area contributed by atoms with Gasteiger partial charge in [0.1, 0.15) is 0 Å². The number of anilines is 1. The molecule has 3 nitrogen and oxygen atoms in total. The third-order valence-corrected chi connectivity index (χ3v) is 3.96. The molecule has 2 aromatic rings. The van der Waals surface area contributed by atoms with Crippen LogP contribution in [0.2, 0.25) is 0 Å². The van der Waals surface area contributed by atoms with Gasteiger partial charge in [-0.25, -0.2) is 0 Å². The van der Waals surface area contributed by atoms with E-state index in [0.29, 0.717) is 0 Å². The Labute approximate surface area is 108 Å². The third-order valence-electron chi connectivity index (χ3n) is 3.96. The number of likely N-dealkylation sites (N-methyl/N-ethyl adjacent to an activating group) is 1. The monoisotopic (exact) mass is 243 g/mol. The number of nitrogens with one attached hydrogen (secondary N) is 1. The largest absolute Gasteiger partial charge is 0.368 e. The Morgan fingerprint density at radius 3 is 2.67 bits per heavy atom. The van der Waals surface area contributed by atoms with E-state index < -0.39 is 0 Å². The molecule has 0 bridgehead atoms. The molecule has 1 fully saturated rings. The van der Waals surface area contributed by atoms with Gasteiger partial charge in [0.2, 0.25) is 0 Å². The summed E-state index contributed by atoms with van der Waals surface area (Å²) >= 11 is 0. The summed E-state index contributed by atoms with van der Waals surface area (Å²) in [6.07, 6.45) is 3.14. The number of H-pyrrole nitrogens is 1. The first-order valence-corrected chi connectivity index (χ1v) is 6.81. The number of aryl methyl sites for hydroxylation is 1. The van der Waals surface area contributed by atoms with E-state index in [1.54, 1.807) is 0 Å². The molecule has 0 atom stereocenters. The van der Waals surface area contributed by atoms with Crippen LogP contribution in [0.5, 0.6) is 0 Å². The van der Waals surface area contributed by atoms with Crippen LogP contribution >= 0.6 is 0 Å². The average molecular weight is 243 g/mol. The molecule has 1 saturated heterocycles. The van der Waals surface area contributed by atoms with E-state index in [1.165, 1.54) is 22.2 Å². The van der Waals surface area contributed by atoms with Crippen LogP contribution in [0.25, 0.3) is 10.9 Å². The van der Waals surface area contributed by atoms with E-state index in [2.05, 4.69) is 47.0 Å². The molecule has 0 saturated carbocycles. The summed E-state index contributed by atoms with van der Waals surface area (Å²) in [7, 11) is 2.20. The standard InChI is InChI=1S/C15H21N3/c1-3-12-10-14-13(4-5-16-14)15(11-12)18-8-6-17(2)7-9-18/h4-5,10-11,16H,3,6-9H2,1-2H3. The van der Waals surface area contributed by atoms with Gasteiger partial charge in [0.15, 0.2) is 0 Å². The predicted octanol–water partition coefficient (Wildman–Crippen LogP) is 2.48. The normalized spacial score (nSPS) is 17.6. The molecule has 0 amide bonds. The van der Waals surface area contributed by atoms with Crippen molar-refractivity contribution in [2.45, 2.75) is 13.3 Å². The Morgan fingerprint density at radius 1 is 1.17 bits per heavy atom. The number of nitrogens with zero attached hydrogens (tertiary/aromatic N) is 2. The lowest BCUT2D eigenvalue weighted by Gasteiger charge is -2.34. The summed E-state index contributed by atoms with van der Waals surface area (Å²) in [5, 5.41) is 1.36. The Kier molecular flexibility index (Phi) is 3.00. The molecule has 1 aromatic heterocycles. The lowest BCUT2D eigenvalue weighted by Crippen LogP contribution is -2.44. The number of aromatic nitrogens is 1. The second-order valence-electron chi connectivity index (χ2n) is 5.20. The maximum Gasteiger partial charge on any atom is 0.0477 e. The van der Waals surface area contributed by atoms with Crippen molar-refractivity contribution in [2.75, 3.05) is 38.1 Å². The second-order valence-corrected chi connectivity index (χ2v) is 5.20. The molecule has 0 radical (unpaired) electrons. The van der Waals surface area contributed by atoms with E-state index in [9.17, 15) is 0 Å². The van der Waals surface area contributed by atoms with Gasteiger partial charge >= 0.3 is 0 Å². The molecule has 3 rings (SSSR count). The molecule has 2 heterocycles. The van der Waals surface area contributed by atoms with Crippen molar-refractivity contribution in [1.82, 2.24) is 9.88 Å². The fourth-order valence-corrected chi connectivity index (χ4v) is 2.72. The van der Waals surface area contributed by atoms with Gasteiger partial charge in [-0.2, -0.15) is 0 Å². The molecule has 96 valence electrons. The van der Waals surface area contributed by atoms with Gasteiger partial charge in [0.25, 0.3) is 0 Å². The van der Waals surface area contributed by atoms with E-state index in [-0.39, 0.29) is 0 Å². The van der Waals surface area contributed by atoms with Gasteiger partial charge in [-0.3, -0.25) is 0 Å². The highest BCUT2D eigenvalue weighted by Gasteiger charge is 2.17. The first-order chi connectivity index (χ1) is 8.78. The van der Waals surface area contributed by atoms with Crippen molar-refractivity contribution in [2.24, 2.45) is 0 Å². The summed E-state index contributed by atoms with van der Waals surface area (Å²) in [6.45, 7) is 6.79. The zero-order valence-electron chi connectivity index (χ0n) is 11.2. The first kappa shape index (κ1) is 11.6. The van der Waals surface area contributed by atoms with Gasteiger partial charge in [0.05, 0.1) is 0 Å². The fourth-order valence-electron chi connectivity index (χ4n) is 2.72. The minimum absolute atomic E-state index is 1.09. The van der Waals surface area contributed by atoms with Gasteiger partial charge in [0, 0.05) is 49.0 Å². The number of hydrogen-bond donors (Lipinski definition) is 1. The Bertz CT molecular complexity index is 536. The molecule has 0 aliphatic carbocycles. The van der Waals surface area contributed by atoms with Crippen LogP contribution in [0.4, 0.5) is 5.69 Å². The van der Waals surface area contributed by atoms with Crippen LogP contribution in [-0.2, 0) is 6.42 Å². The number of benzene rings is 1. The lowest BCUT2D eigenvalue weighted by atomic mass is 10.1.